The van der Waals surface area contributed by atoms with Crippen LogP contribution in [0, 0.1) is 5.92 Å². The van der Waals surface area contributed by atoms with Gasteiger partial charge in [-0.05, 0) is 22.8 Å². The monoisotopic (exact) mass is 310 g/mol. The lowest BCUT2D eigenvalue weighted by atomic mass is 9.83. The lowest BCUT2D eigenvalue weighted by molar-refractivity contribution is -0.131. The van der Waals surface area contributed by atoms with Gasteiger partial charge in [0.05, 0.1) is 12.6 Å². The molecule has 23 heavy (non-hydrogen) atoms. The van der Waals surface area contributed by atoms with Crippen LogP contribution >= 0.6 is 0 Å². The summed E-state index contributed by atoms with van der Waals surface area (Å²) in [5.41, 5.74) is 13.7. The number of hydrazine groups is 1. The van der Waals surface area contributed by atoms with Crippen molar-refractivity contribution in [2.24, 2.45) is 11.7 Å². The maximum atomic E-state index is 12.0. The maximum Gasteiger partial charge on any atom is 0.236 e. The van der Waals surface area contributed by atoms with Gasteiger partial charge in [-0.2, -0.15) is 0 Å². The fraction of sp³-hybridized carbons (Fsp3) is 0.389. The Bertz CT molecular complexity index is 727. The molecule has 0 radical (unpaired) electrons. The van der Waals surface area contributed by atoms with E-state index in [1.807, 2.05) is 4.90 Å². The molecule has 2 aliphatic heterocycles. The predicted molar refractivity (Wildman–Crippen MR) is 90.5 cm³/mol. The van der Waals surface area contributed by atoms with Crippen molar-refractivity contribution in [1.29, 1.82) is 0 Å². The molecule has 1 amide bonds. The second kappa shape index (κ2) is 5.92. The highest BCUT2D eigenvalue weighted by Gasteiger charge is 2.41. The molecule has 2 aromatic carbocycles. The van der Waals surface area contributed by atoms with Gasteiger partial charge < -0.3 is 10.6 Å². The summed E-state index contributed by atoms with van der Waals surface area (Å²) in [5, 5.41) is 2.53. The number of amides is 1. The van der Waals surface area contributed by atoms with Crippen LogP contribution in [0.1, 0.15) is 18.0 Å². The molecule has 2 aromatic rings. The number of hydrogen-bond donors (Lipinski definition) is 3. The number of benzene rings is 2. The minimum absolute atomic E-state index is 0.0482. The molecule has 2 saturated heterocycles. The summed E-state index contributed by atoms with van der Waals surface area (Å²) in [5.74, 6) is 0.414. The summed E-state index contributed by atoms with van der Waals surface area (Å²) < 4.78 is 0. The number of nitrogens with one attached hydrogen (secondary N) is 2. The van der Waals surface area contributed by atoms with Crippen molar-refractivity contribution in [3.8, 4) is 0 Å². The lowest BCUT2D eigenvalue weighted by Crippen LogP contribution is -2.49. The van der Waals surface area contributed by atoms with E-state index < -0.39 is 0 Å². The van der Waals surface area contributed by atoms with Gasteiger partial charge in [0.2, 0.25) is 5.91 Å². The second-order valence-electron chi connectivity index (χ2n) is 6.44. The zero-order chi connectivity index (χ0) is 15.8. The van der Waals surface area contributed by atoms with E-state index in [9.17, 15) is 4.79 Å². The Morgan fingerprint density at radius 2 is 2.00 bits per heavy atom. The number of hydrogen-bond acceptors (Lipinski definition) is 4. The molecule has 3 atom stereocenters. The first kappa shape index (κ1) is 14.6. The molecule has 3 unspecified atom stereocenters. The highest BCUT2D eigenvalue weighted by Crippen LogP contribution is 2.36. The standard InChI is InChI=1S/C18H22N4O/c19-10-17(23)22-9-8-16-15(11-22)18(21-20-16)14-7-3-5-12-4-1-2-6-13(12)14/h1-7,15-16,18,20-21H,8-11,19H2. The zero-order valence-electron chi connectivity index (χ0n) is 13.0. The summed E-state index contributed by atoms with van der Waals surface area (Å²) >= 11 is 0. The summed E-state index contributed by atoms with van der Waals surface area (Å²) in [6, 6.07) is 15.5. The van der Waals surface area contributed by atoms with E-state index in [4.69, 9.17) is 5.73 Å². The second-order valence-corrected chi connectivity index (χ2v) is 6.44. The van der Waals surface area contributed by atoms with Gasteiger partial charge in [-0.15, -0.1) is 0 Å². The SMILES string of the molecule is NCC(=O)N1CCC2NNC(c3cccc4ccccc34)C2C1. The Hall–Kier alpha value is -1.95. The van der Waals surface area contributed by atoms with Gasteiger partial charge in [0.15, 0.2) is 0 Å². The number of likely N-dealkylation sites (tertiary alicyclic amines) is 1. The fourth-order valence-corrected chi connectivity index (χ4v) is 3.99. The largest absolute Gasteiger partial charge is 0.341 e. The topological polar surface area (TPSA) is 70.4 Å². The highest BCUT2D eigenvalue weighted by atomic mass is 16.2. The molecule has 2 fully saturated rings. The third-order valence-corrected chi connectivity index (χ3v) is 5.20. The molecule has 4 rings (SSSR count). The van der Waals surface area contributed by atoms with Crippen molar-refractivity contribution < 1.29 is 4.79 Å². The average Bonchev–Trinajstić information content (AvgIpc) is 3.03. The van der Waals surface area contributed by atoms with Crippen molar-refractivity contribution in [3.05, 3.63) is 48.0 Å². The molecule has 4 N–H and O–H groups in total. The third kappa shape index (κ3) is 2.51. The predicted octanol–water partition coefficient (Wildman–Crippen LogP) is 1.16. The molecule has 0 aromatic heterocycles. The number of nitrogens with two attached hydrogens (primary N) is 1. The first-order chi connectivity index (χ1) is 11.3. The molecule has 2 aliphatic rings. The van der Waals surface area contributed by atoms with E-state index in [1.165, 1.54) is 16.3 Å². The highest BCUT2D eigenvalue weighted by molar-refractivity contribution is 5.86. The number of nitrogens with zero attached hydrogens (tertiary/aromatic N) is 1. The van der Waals surface area contributed by atoms with Gasteiger partial charge in [0, 0.05) is 25.0 Å². The molecule has 5 heteroatoms. The number of fused-ring (bicyclic) bond motifs is 2. The number of piperidine rings is 1. The van der Waals surface area contributed by atoms with Crippen LogP contribution in [0.25, 0.3) is 10.8 Å². The van der Waals surface area contributed by atoms with Gasteiger partial charge >= 0.3 is 0 Å². The molecule has 120 valence electrons. The van der Waals surface area contributed by atoms with Gasteiger partial charge in [0.1, 0.15) is 0 Å². The van der Waals surface area contributed by atoms with Crippen LogP contribution in [0.4, 0.5) is 0 Å². The Labute approximate surface area is 135 Å². The Kier molecular flexibility index (Phi) is 3.77. The third-order valence-electron chi connectivity index (χ3n) is 5.20. The molecular formula is C18H22N4O. The van der Waals surface area contributed by atoms with Crippen molar-refractivity contribution in [1.82, 2.24) is 15.8 Å². The van der Waals surface area contributed by atoms with E-state index in [2.05, 4.69) is 53.3 Å². The van der Waals surface area contributed by atoms with Crippen LogP contribution in [0.15, 0.2) is 42.5 Å². The fourth-order valence-electron chi connectivity index (χ4n) is 3.99. The Morgan fingerprint density at radius 3 is 2.87 bits per heavy atom. The van der Waals surface area contributed by atoms with Crippen LogP contribution < -0.4 is 16.6 Å². The van der Waals surface area contributed by atoms with Crippen LogP contribution in [-0.2, 0) is 4.79 Å². The van der Waals surface area contributed by atoms with Crippen LogP contribution in [-0.4, -0.2) is 36.5 Å². The van der Waals surface area contributed by atoms with E-state index in [0.717, 1.165) is 19.5 Å². The quantitative estimate of drug-likeness (QED) is 0.778. The Morgan fingerprint density at radius 1 is 1.17 bits per heavy atom. The minimum Gasteiger partial charge on any atom is -0.341 e. The van der Waals surface area contributed by atoms with Gasteiger partial charge in [-0.3, -0.25) is 10.2 Å². The van der Waals surface area contributed by atoms with Gasteiger partial charge in [0.25, 0.3) is 0 Å². The molecule has 5 nitrogen and oxygen atoms in total. The maximum absolute atomic E-state index is 12.0. The molecule has 0 spiro atoms. The van der Waals surface area contributed by atoms with E-state index in [0.29, 0.717) is 12.0 Å². The van der Waals surface area contributed by atoms with Crippen molar-refractivity contribution in [2.75, 3.05) is 19.6 Å². The van der Waals surface area contributed by atoms with E-state index in [1.54, 1.807) is 0 Å². The van der Waals surface area contributed by atoms with Crippen LogP contribution in [0.3, 0.4) is 0 Å². The minimum atomic E-state index is 0.0482. The lowest BCUT2D eigenvalue weighted by Gasteiger charge is -2.36. The summed E-state index contributed by atoms with van der Waals surface area (Å²) in [4.78, 5) is 13.9. The van der Waals surface area contributed by atoms with E-state index in [-0.39, 0.29) is 18.5 Å². The first-order valence-electron chi connectivity index (χ1n) is 8.24. The van der Waals surface area contributed by atoms with E-state index >= 15 is 0 Å². The number of carbonyl (C=O) groups is 1. The zero-order valence-corrected chi connectivity index (χ0v) is 13.0. The van der Waals surface area contributed by atoms with Gasteiger partial charge in [-0.25, -0.2) is 5.43 Å². The smallest absolute Gasteiger partial charge is 0.236 e. The van der Waals surface area contributed by atoms with Gasteiger partial charge in [-0.1, -0.05) is 42.5 Å². The van der Waals surface area contributed by atoms with Crippen molar-refractivity contribution in [3.63, 3.8) is 0 Å². The number of carbonyl (C=O) groups excluding carboxylic acids is 1. The summed E-state index contributed by atoms with van der Waals surface area (Å²) in [7, 11) is 0. The molecular weight excluding hydrogens is 288 g/mol. The van der Waals surface area contributed by atoms with Crippen molar-refractivity contribution in [2.45, 2.75) is 18.5 Å². The number of rotatable bonds is 2. The summed E-state index contributed by atoms with van der Waals surface area (Å²) in [6.07, 6.45) is 0.963. The normalized spacial score (nSPS) is 27.2. The Balaban J connectivity index is 1.67. The average molecular weight is 310 g/mol. The summed E-state index contributed by atoms with van der Waals surface area (Å²) in [6.45, 7) is 1.64. The van der Waals surface area contributed by atoms with Crippen LogP contribution in [0.2, 0.25) is 0 Å². The molecule has 0 aliphatic carbocycles. The van der Waals surface area contributed by atoms with Crippen molar-refractivity contribution >= 4 is 16.7 Å². The molecule has 2 heterocycles. The van der Waals surface area contributed by atoms with Crippen LogP contribution in [0.5, 0.6) is 0 Å². The first-order valence-corrected chi connectivity index (χ1v) is 8.24. The molecule has 0 saturated carbocycles. The molecule has 0 bridgehead atoms.